The van der Waals surface area contributed by atoms with E-state index in [4.69, 9.17) is 4.74 Å². The molecule has 5 heteroatoms. The molecule has 102 valence electrons. The third-order valence-electron chi connectivity index (χ3n) is 3.09. The highest BCUT2D eigenvalue weighted by molar-refractivity contribution is 7.15. The van der Waals surface area contributed by atoms with Crippen molar-refractivity contribution in [1.29, 1.82) is 0 Å². The molecule has 0 atom stereocenters. The lowest BCUT2D eigenvalue weighted by Crippen LogP contribution is -2.33. The fourth-order valence-electron chi connectivity index (χ4n) is 1.81. The van der Waals surface area contributed by atoms with E-state index in [9.17, 15) is 0 Å². The van der Waals surface area contributed by atoms with Crippen molar-refractivity contribution in [3.63, 3.8) is 0 Å². The maximum atomic E-state index is 5.16. The second-order valence-corrected chi connectivity index (χ2v) is 6.14. The van der Waals surface area contributed by atoms with E-state index < -0.39 is 0 Å². The Hall–Kier alpha value is -0.650. The van der Waals surface area contributed by atoms with Gasteiger partial charge in [0.15, 0.2) is 5.13 Å². The van der Waals surface area contributed by atoms with Crippen LogP contribution in [0.5, 0.6) is 0 Å². The summed E-state index contributed by atoms with van der Waals surface area (Å²) in [6, 6.07) is 1.21. The fraction of sp³-hybridized carbons (Fsp3) is 0.769. The molecule has 0 unspecified atom stereocenters. The molecule has 1 aliphatic rings. The highest BCUT2D eigenvalue weighted by Crippen LogP contribution is 2.25. The molecule has 1 heterocycles. The summed E-state index contributed by atoms with van der Waals surface area (Å²) in [4.78, 5) is 8.16. The van der Waals surface area contributed by atoms with Crippen LogP contribution >= 0.6 is 11.3 Å². The first-order valence-corrected chi connectivity index (χ1v) is 7.46. The van der Waals surface area contributed by atoms with Crippen LogP contribution < -0.4 is 10.2 Å². The normalized spacial score (nSPS) is 15.3. The quantitative estimate of drug-likeness (QED) is 0.785. The van der Waals surface area contributed by atoms with E-state index in [2.05, 4.69) is 29.0 Å². The predicted octanol–water partition coefficient (Wildman–Crippen LogP) is 2.26. The molecule has 0 radical (unpaired) electrons. The van der Waals surface area contributed by atoms with Crippen LogP contribution in [-0.2, 0) is 11.3 Å². The van der Waals surface area contributed by atoms with Crippen LogP contribution in [0, 0.1) is 0 Å². The van der Waals surface area contributed by atoms with E-state index in [1.165, 1.54) is 17.7 Å². The van der Waals surface area contributed by atoms with E-state index in [0.717, 1.165) is 30.9 Å². The standard InChI is InChI=1S/C13H23N3OS/c1-10(2)16(6-7-17-3)13-15-9-12(18-13)8-14-11-4-5-11/h9-11,14H,4-8H2,1-3H3. The molecule has 1 saturated carbocycles. The van der Waals surface area contributed by atoms with Gasteiger partial charge in [0.2, 0.25) is 0 Å². The maximum Gasteiger partial charge on any atom is 0.185 e. The summed E-state index contributed by atoms with van der Waals surface area (Å²) in [5.74, 6) is 0. The summed E-state index contributed by atoms with van der Waals surface area (Å²) in [5, 5.41) is 4.63. The van der Waals surface area contributed by atoms with E-state index >= 15 is 0 Å². The summed E-state index contributed by atoms with van der Waals surface area (Å²) in [5.41, 5.74) is 0. The third-order valence-corrected chi connectivity index (χ3v) is 4.12. The number of anilines is 1. The summed E-state index contributed by atoms with van der Waals surface area (Å²) in [6.07, 6.45) is 4.66. The number of thiazole rings is 1. The van der Waals surface area contributed by atoms with E-state index in [1.807, 2.05) is 6.20 Å². The van der Waals surface area contributed by atoms with Crippen LogP contribution in [0.1, 0.15) is 31.6 Å². The number of hydrogen-bond acceptors (Lipinski definition) is 5. The number of hydrogen-bond donors (Lipinski definition) is 1. The molecule has 1 aliphatic carbocycles. The Morgan fingerprint density at radius 1 is 1.56 bits per heavy atom. The molecule has 18 heavy (non-hydrogen) atoms. The van der Waals surface area contributed by atoms with Crippen molar-refractivity contribution in [2.24, 2.45) is 0 Å². The molecule has 1 fully saturated rings. The van der Waals surface area contributed by atoms with Gasteiger partial charge in [-0.25, -0.2) is 4.98 Å². The minimum Gasteiger partial charge on any atom is -0.383 e. The summed E-state index contributed by atoms with van der Waals surface area (Å²) >= 11 is 1.79. The fourth-order valence-corrected chi connectivity index (χ4v) is 2.83. The number of methoxy groups -OCH3 is 1. The lowest BCUT2D eigenvalue weighted by Gasteiger charge is -2.25. The van der Waals surface area contributed by atoms with Gasteiger partial charge in [-0.1, -0.05) is 0 Å². The molecule has 0 aliphatic heterocycles. The molecule has 1 aromatic rings. The van der Waals surface area contributed by atoms with Gasteiger partial charge in [-0.2, -0.15) is 0 Å². The largest absolute Gasteiger partial charge is 0.383 e. The van der Waals surface area contributed by atoms with E-state index in [1.54, 1.807) is 18.4 Å². The van der Waals surface area contributed by atoms with E-state index in [0.29, 0.717) is 6.04 Å². The second kappa shape index (κ2) is 6.50. The van der Waals surface area contributed by atoms with Gasteiger partial charge in [0.1, 0.15) is 0 Å². The lowest BCUT2D eigenvalue weighted by molar-refractivity contribution is 0.204. The molecule has 0 amide bonds. The van der Waals surface area contributed by atoms with Crippen LogP contribution in [0.2, 0.25) is 0 Å². The molecular formula is C13H23N3OS. The van der Waals surface area contributed by atoms with Crippen molar-refractivity contribution in [1.82, 2.24) is 10.3 Å². The average Bonchev–Trinajstić information content (AvgIpc) is 3.06. The zero-order valence-corrected chi connectivity index (χ0v) is 12.3. The summed E-state index contributed by atoms with van der Waals surface area (Å²) in [7, 11) is 1.74. The second-order valence-electron chi connectivity index (χ2n) is 5.04. The summed E-state index contributed by atoms with van der Waals surface area (Å²) < 4.78 is 5.16. The highest BCUT2D eigenvalue weighted by atomic mass is 32.1. The van der Waals surface area contributed by atoms with Crippen LogP contribution in [0.25, 0.3) is 0 Å². The summed E-state index contributed by atoms with van der Waals surface area (Å²) in [6.45, 7) is 6.99. The third kappa shape index (κ3) is 3.93. The van der Waals surface area contributed by atoms with Gasteiger partial charge in [0, 0.05) is 43.4 Å². The Morgan fingerprint density at radius 3 is 2.94 bits per heavy atom. The Labute approximate surface area is 113 Å². The van der Waals surface area contributed by atoms with Crippen molar-refractivity contribution in [3.8, 4) is 0 Å². The smallest absolute Gasteiger partial charge is 0.185 e. The monoisotopic (exact) mass is 269 g/mol. The number of aromatic nitrogens is 1. The zero-order valence-electron chi connectivity index (χ0n) is 11.5. The van der Waals surface area contributed by atoms with Gasteiger partial charge >= 0.3 is 0 Å². The number of nitrogens with zero attached hydrogens (tertiary/aromatic N) is 2. The van der Waals surface area contributed by atoms with Gasteiger partial charge in [0.25, 0.3) is 0 Å². The van der Waals surface area contributed by atoms with Gasteiger partial charge in [-0.3, -0.25) is 0 Å². The van der Waals surface area contributed by atoms with Crippen LogP contribution in [-0.4, -0.2) is 37.3 Å². The number of ether oxygens (including phenoxy) is 1. The molecule has 0 spiro atoms. The van der Waals surface area contributed by atoms with Gasteiger partial charge < -0.3 is 15.0 Å². The van der Waals surface area contributed by atoms with Crippen molar-refractivity contribution < 1.29 is 4.74 Å². The van der Waals surface area contributed by atoms with Gasteiger partial charge in [-0.15, -0.1) is 11.3 Å². The van der Waals surface area contributed by atoms with Crippen molar-refractivity contribution in [2.45, 2.75) is 45.3 Å². The van der Waals surface area contributed by atoms with Crippen molar-refractivity contribution in [3.05, 3.63) is 11.1 Å². The zero-order chi connectivity index (χ0) is 13.0. The molecule has 1 aromatic heterocycles. The van der Waals surface area contributed by atoms with Gasteiger partial charge in [0.05, 0.1) is 6.61 Å². The Morgan fingerprint density at radius 2 is 2.33 bits per heavy atom. The maximum absolute atomic E-state index is 5.16. The molecule has 0 aromatic carbocycles. The first-order valence-electron chi connectivity index (χ1n) is 6.64. The molecule has 0 bridgehead atoms. The van der Waals surface area contributed by atoms with Gasteiger partial charge in [-0.05, 0) is 26.7 Å². The van der Waals surface area contributed by atoms with Crippen LogP contribution in [0.15, 0.2) is 6.20 Å². The first-order chi connectivity index (χ1) is 8.70. The molecular weight excluding hydrogens is 246 g/mol. The van der Waals surface area contributed by atoms with E-state index in [-0.39, 0.29) is 0 Å². The predicted molar refractivity (Wildman–Crippen MR) is 76.3 cm³/mol. The minimum atomic E-state index is 0.454. The number of rotatable bonds is 8. The number of nitrogens with one attached hydrogen (secondary N) is 1. The molecule has 0 saturated heterocycles. The molecule has 4 nitrogen and oxygen atoms in total. The van der Waals surface area contributed by atoms with Crippen LogP contribution in [0.4, 0.5) is 5.13 Å². The first kappa shape index (κ1) is 13.8. The highest BCUT2D eigenvalue weighted by Gasteiger charge is 2.21. The molecule has 2 rings (SSSR count). The van der Waals surface area contributed by atoms with Crippen molar-refractivity contribution >= 4 is 16.5 Å². The lowest BCUT2D eigenvalue weighted by atomic mass is 10.3. The molecule has 1 N–H and O–H groups in total. The Balaban J connectivity index is 1.91. The Kier molecular flexibility index (Phi) is 4.97. The Bertz CT molecular complexity index is 363. The van der Waals surface area contributed by atoms with Crippen molar-refractivity contribution in [2.75, 3.05) is 25.2 Å². The van der Waals surface area contributed by atoms with Crippen LogP contribution in [0.3, 0.4) is 0 Å². The minimum absolute atomic E-state index is 0.454. The average molecular weight is 269 g/mol. The topological polar surface area (TPSA) is 37.4 Å². The SMILES string of the molecule is COCCN(c1ncc(CNC2CC2)s1)C(C)C.